The van der Waals surface area contributed by atoms with Gasteiger partial charge in [-0.2, -0.15) is 13.2 Å². The lowest BCUT2D eigenvalue weighted by atomic mass is 10.0. The first-order valence-corrected chi connectivity index (χ1v) is 8.05. The van der Waals surface area contributed by atoms with Crippen LogP contribution in [0, 0.1) is 5.92 Å². The first-order chi connectivity index (χ1) is 9.88. The summed E-state index contributed by atoms with van der Waals surface area (Å²) in [6, 6.07) is 0. The van der Waals surface area contributed by atoms with Crippen molar-refractivity contribution in [1.82, 2.24) is 10.3 Å². The van der Waals surface area contributed by atoms with E-state index in [1.165, 1.54) is 11.3 Å². The maximum absolute atomic E-state index is 13.1. The lowest BCUT2D eigenvalue weighted by molar-refractivity contribution is -0.141. The van der Waals surface area contributed by atoms with Gasteiger partial charge >= 0.3 is 6.18 Å². The van der Waals surface area contributed by atoms with Crippen LogP contribution >= 0.6 is 11.3 Å². The van der Waals surface area contributed by atoms with Gasteiger partial charge in [0, 0.05) is 19.1 Å². The zero-order valence-electron chi connectivity index (χ0n) is 12.3. The van der Waals surface area contributed by atoms with Crippen molar-refractivity contribution in [2.45, 2.75) is 45.3 Å². The fraction of sp³-hybridized carbons (Fsp3) is 0.786. The predicted molar refractivity (Wildman–Crippen MR) is 76.5 cm³/mol. The van der Waals surface area contributed by atoms with Gasteiger partial charge in [-0.1, -0.05) is 13.8 Å². The van der Waals surface area contributed by atoms with E-state index in [2.05, 4.69) is 10.3 Å². The van der Waals surface area contributed by atoms with Gasteiger partial charge in [0.25, 0.3) is 0 Å². The number of aromatic nitrogens is 1. The summed E-state index contributed by atoms with van der Waals surface area (Å²) in [5, 5.41) is 3.63. The third-order valence-corrected chi connectivity index (χ3v) is 4.55. The second kappa shape index (κ2) is 7.07. The molecule has 2 heterocycles. The van der Waals surface area contributed by atoms with Crippen molar-refractivity contribution in [3.05, 3.63) is 15.6 Å². The molecule has 0 aliphatic carbocycles. The number of nitrogens with zero attached hydrogens (tertiary/aromatic N) is 1. The average Bonchev–Trinajstić information content (AvgIpc) is 2.83. The molecule has 2 rings (SSSR count). The van der Waals surface area contributed by atoms with Crippen molar-refractivity contribution in [3.8, 4) is 0 Å². The highest BCUT2D eigenvalue weighted by Crippen LogP contribution is 2.38. The maximum Gasteiger partial charge on any atom is 0.434 e. The van der Waals surface area contributed by atoms with Crippen LogP contribution in [0.2, 0.25) is 0 Å². The molecule has 1 saturated heterocycles. The van der Waals surface area contributed by atoms with Crippen LogP contribution in [0.4, 0.5) is 13.2 Å². The van der Waals surface area contributed by atoms with Crippen molar-refractivity contribution in [2.24, 2.45) is 5.92 Å². The fourth-order valence-corrected chi connectivity index (χ4v) is 3.47. The minimum absolute atomic E-state index is 0.00342. The zero-order valence-corrected chi connectivity index (χ0v) is 13.1. The molecule has 0 radical (unpaired) electrons. The van der Waals surface area contributed by atoms with Gasteiger partial charge in [0.1, 0.15) is 0 Å². The predicted octanol–water partition coefficient (Wildman–Crippen LogP) is 3.80. The second-order valence-corrected chi connectivity index (χ2v) is 6.88. The molecule has 0 bridgehead atoms. The monoisotopic (exact) mass is 322 g/mol. The molecule has 21 heavy (non-hydrogen) atoms. The maximum atomic E-state index is 13.1. The van der Waals surface area contributed by atoms with Crippen LogP contribution in [-0.4, -0.2) is 24.7 Å². The van der Waals surface area contributed by atoms with Crippen molar-refractivity contribution >= 4 is 11.3 Å². The van der Waals surface area contributed by atoms with Crippen LogP contribution in [0.25, 0.3) is 0 Å². The summed E-state index contributed by atoms with van der Waals surface area (Å²) in [7, 11) is 0. The van der Waals surface area contributed by atoms with Crippen molar-refractivity contribution in [1.29, 1.82) is 0 Å². The smallest absolute Gasteiger partial charge is 0.381 e. The number of thiazole rings is 1. The highest BCUT2D eigenvalue weighted by molar-refractivity contribution is 7.11. The Labute approximate surface area is 126 Å². The normalized spacial score (nSPS) is 20.2. The summed E-state index contributed by atoms with van der Waals surface area (Å²) >= 11 is 1.17. The van der Waals surface area contributed by atoms with E-state index in [0.29, 0.717) is 30.7 Å². The summed E-state index contributed by atoms with van der Waals surface area (Å²) in [6.45, 7) is 6.13. The van der Waals surface area contributed by atoms with E-state index in [1.54, 1.807) is 0 Å². The minimum Gasteiger partial charge on any atom is -0.381 e. The first kappa shape index (κ1) is 16.7. The van der Waals surface area contributed by atoms with Gasteiger partial charge in [0.05, 0.1) is 16.5 Å². The van der Waals surface area contributed by atoms with Gasteiger partial charge in [0.15, 0.2) is 5.69 Å². The molecule has 1 fully saturated rings. The van der Waals surface area contributed by atoms with E-state index in [9.17, 15) is 13.2 Å². The Kier molecular flexibility index (Phi) is 5.62. The molecule has 1 aliphatic rings. The quantitative estimate of drug-likeness (QED) is 0.895. The van der Waals surface area contributed by atoms with Gasteiger partial charge < -0.3 is 10.1 Å². The number of nitrogens with one attached hydrogen (secondary N) is 1. The minimum atomic E-state index is -4.39. The summed E-state index contributed by atoms with van der Waals surface area (Å²) in [5.41, 5.74) is -0.732. The lowest BCUT2D eigenvalue weighted by Gasteiger charge is -2.19. The number of halogens is 3. The van der Waals surface area contributed by atoms with Crippen molar-refractivity contribution < 1.29 is 17.9 Å². The Bertz CT molecular complexity index is 454. The highest BCUT2D eigenvalue weighted by atomic mass is 32.1. The Morgan fingerprint density at radius 3 is 2.76 bits per heavy atom. The zero-order chi connectivity index (χ0) is 15.5. The summed E-state index contributed by atoms with van der Waals surface area (Å²) in [6.07, 6.45) is -2.66. The molecule has 0 amide bonds. The third kappa shape index (κ3) is 4.66. The molecule has 1 aromatic heterocycles. The van der Waals surface area contributed by atoms with Crippen LogP contribution in [-0.2, 0) is 17.5 Å². The Morgan fingerprint density at radius 2 is 2.19 bits per heavy atom. The van der Waals surface area contributed by atoms with Gasteiger partial charge in [-0.25, -0.2) is 4.98 Å². The third-order valence-electron chi connectivity index (χ3n) is 3.33. The van der Waals surface area contributed by atoms with E-state index in [4.69, 9.17) is 4.74 Å². The summed E-state index contributed by atoms with van der Waals surface area (Å²) in [5.74, 6) is 0.405. The molecule has 3 nitrogen and oxygen atoms in total. The SMILES string of the molecule is CC(C)CNCc1sc(C2CCCOC2)nc1C(F)(F)F. The number of alkyl halides is 3. The van der Waals surface area contributed by atoms with E-state index in [1.807, 2.05) is 13.8 Å². The molecule has 120 valence electrons. The molecule has 0 saturated carbocycles. The van der Waals surface area contributed by atoms with E-state index >= 15 is 0 Å². The summed E-state index contributed by atoms with van der Waals surface area (Å²) in [4.78, 5) is 4.16. The second-order valence-electron chi connectivity index (χ2n) is 5.76. The van der Waals surface area contributed by atoms with Gasteiger partial charge in [-0.05, 0) is 25.3 Å². The fourth-order valence-electron chi connectivity index (χ4n) is 2.30. The van der Waals surface area contributed by atoms with E-state index in [-0.39, 0.29) is 17.3 Å². The van der Waals surface area contributed by atoms with Gasteiger partial charge in [-0.3, -0.25) is 0 Å². The van der Waals surface area contributed by atoms with Crippen LogP contribution in [0.5, 0.6) is 0 Å². The Morgan fingerprint density at radius 1 is 1.43 bits per heavy atom. The highest BCUT2D eigenvalue weighted by Gasteiger charge is 2.38. The topological polar surface area (TPSA) is 34.1 Å². The Hall–Kier alpha value is -0.660. The van der Waals surface area contributed by atoms with Gasteiger partial charge in [-0.15, -0.1) is 11.3 Å². The lowest BCUT2D eigenvalue weighted by Crippen LogP contribution is -2.20. The van der Waals surface area contributed by atoms with Crippen molar-refractivity contribution in [3.63, 3.8) is 0 Å². The molecule has 0 aromatic carbocycles. The van der Waals surface area contributed by atoms with Crippen LogP contribution in [0.15, 0.2) is 0 Å². The van der Waals surface area contributed by atoms with E-state index in [0.717, 1.165) is 12.8 Å². The molecule has 1 aliphatic heterocycles. The number of rotatable bonds is 5. The molecule has 1 N–H and O–H groups in total. The molecule has 0 spiro atoms. The first-order valence-electron chi connectivity index (χ1n) is 7.23. The molecule has 1 atom stereocenters. The average molecular weight is 322 g/mol. The van der Waals surface area contributed by atoms with Crippen molar-refractivity contribution in [2.75, 3.05) is 19.8 Å². The molecule has 1 unspecified atom stereocenters. The van der Waals surface area contributed by atoms with Crippen LogP contribution in [0.1, 0.15) is 48.2 Å². The number of hydrogen-bond acceptors (Lipinski definition) is 4. The van der Waals surface area contributed by atoms with E-state index < -0.39 is 11.9 Å². The largest absolute Gasteiger partial charge is 0.434 e. The molecular weight excluding hydrogens is 301 g/mol. The molecular formula is C14H21F3N2OS. The summed E-state index contributed by atoms with van der Waals surface area (Å²) < 4.78 is 44.7. The standard InChI is InChI=1S/C14H21F3N2OS/c1-9(2)6-18-7-11-12(14(15,16)17)19-13(21-11)10-4-3-5-20-8-10/h9-10,18H,3-8H2,1-2H3. The number of ether oxygens (including phenoxy) is 1. The number of hydrogen-bond donors (Lipinski definition) is 1. The van der Waals surface area contributed by atoms with Gasteiger partial charge in [0.2, 0.25) is 0 Å². The molecule has 1 aromatic rings. The Balaban J connectivity index is 2.14. The van der Waals surface area contributed by atoms with Crippen LogP contribution in [0.3, 0.4) is 0 Å². The van der Waals surface area contributed by atoms with Crippen LogP contribution < -0.4 is 5.32 Å². The molecule has 7 heteroatoms.